The number of carbonyl (C=O) groups excluding carboxylic acids is 1. The molecule has 528 valence electrons. The summed E-state index contributed by atoms with van der Waals surface area (Å²) >= 11 is 0. The van der Waals surface area contributed by atoms with Gasteiger partial charge >= 0.3 is 7.82 Å². The molecule has 0 aromatic carbocycles. The first-order valence-corrected chi connectivity index (χ1v) is 40.3. The number of hydrogen-bond donors (Lipinski definition) is 3. The molecule has 0 aromatic rings. The quantitative estimate of drug-likeness (QED) is 0.0243. The molecule has 91 heavy (non-hydrogen) atoms. The predicted octanol–water partition coefficient (Wildman–Crippen LogP) is 25.4. The second-order valence-electron chi connectivity index (χ2n) is 27.4. The molecule has 3 atom stereocenters. The van der Waals surface area contributed by atoms with E-state index in [1.165, 1.54) is 244 Å². The number of hydrogen-bond acceptors (Lipinski definition) is 5. The van der Waals surface area contributed by atoms with Gasteiger partial charge in [-0.15, -0.1) is 0 Å². The van der Waals surface area contributed by atoms with Gasteiger partial charge in [-0.05, 0) is 83.5 Å². The smallest absolute Gasteiger partial charge is 0.387 e. The van der Waals surface area contributed by atoms with E-state index < -0.39 is 20.0 Å². The number of amides is 1. The van der Waals surface area contributed by atoms with Gasteiger partial charge in [0.1, 0.15) is 13.2 Å². The largest absolute Gasteiger partial charge is 0.472 e. The molecule has 3 unspecified atom stereocenters. The van der Waals surface area contributed by atoms with Gasteiger partial charge in [-0.3, -0.25) is 13.8 Å². The van der Waals surface area contributed by atoms with Crippen molar-refractivity contribution in [3.8, 4) is 0 Å². The molecule has 0 saturated carbocycles. The molecule has 3 N–H and O–H groups in total. The maximum absolute atomic E-state index is 13.1. The topological polar surface area (TPSA) is 105 Å². The zero-order valence-corrected chi connectivity index (χ0v) is 61.5. The summed E-state index contributed by atoms with van der Waals surface area (Å²) in [7, 11) is 1.58. The van der Waals surface area contributed by atoms with E-state index >= 15 is 0 Å². The summed E-state index contributed by atoms with van der Waals surface area (Å²) in [5.74, 6) is -0.176. The van der Waals surface area contributed by atoms with Crippen molar-refractivity contribution in [3.63, 3.8) is 0 Å². The number of nitrogens with one attached hydrogen (secondary N) is 1. The van der Waals surface area contributed by atoms with Crippen molar-refractivity contribution >= 4 is 13.7 Å². The van der Waals surface area contributed by atoms with E-state index in [4.69, 9.17) is 9.05 Å². The summed E-state index contributed by atoms with van der Waals surface area (Å²) in [6.07, 6.45) is 105. The Kier molecular flexibility index (Phi) is 69.2. The van der Waals surface area contributed by atoms with Gasteiger partial charge in [0.05, 0.1) is 39.9 Å². The standard InChI is InChI=1S/C82H149N2O6P/c1-6-8-10-12-14-16-18-20-22-24-26-28-30-32-34-36-38-39-40-41-42-43-44-45-46-48-50-52-54-56-58-60-62-64-66-68-70-72-74-76-82(86)83-80(79-90-91(87,88)89-78-77-84(3,4)5)81(85)75-73-71-69-67-65-63-61-59-57-55-53-51-49-47-37-35-33-31-29-27-25-23-21-19-17-15-13-11-9-7-2/h8,10,14,16,20,22,26,28,32,34,38-39,41-42,44-45,73,75,80-81,85H,6-7,9,11-13,15,17-19,21,23-25,27,29-31,33,35-37,40,43,46-72,74,76-79H2,1-5H3,(H-,83,86,87,88)/p+1/b10-8-,16-14-,22-20-,28-26-,34-32-,39-38-,42-41-,45-44-,75-73+. The molecule has 9 heteroatoms. The minimum absolute atomic E-state index is 0.0588. The van der Waals surface area contributed by atoms with E-state index in [0.717, 1.165) is 89.9 Å². The lowest BCUT2D eigenvalue weighted by Gasteiger charge is -2.25. The van der Waals surface area contributed by atoms with Crippen LogP contribution < -0.4 is 5.32 Å². The number of phosphoric acid groups is 1. The van der Waals surface area contributed by atoms with Crippen LogP contribution in [0.2, 0.25) is 0 Å². The van der Waals surface area contributed by atoms with Crippen LogP contribution in [-0.4, -0.2) is 73.4 Å². The number of nitrogens with zero attached hydrogens (tertiary/aromatic N) is 1. The predicted molar refractivity (Wildman–Crippen MR) is 401 cm³/mol. The van der Waals surface area contributed by atoms with Crippen LogP contribution in [0.1, 0.15) is 354 Å². The van der Waals surface area contributed by atoms with E-state index in [1.807, 2.05) is 27.2 Å². The van der Waals surface area contributed by atoms with Crippen LogP contribution in [-0.2, 0) is 18.4 Å². The number of carbonyl (C=O) groups is 1. The highest BCUT2D eigenvalue weighted by Gasteiger charge is 2.28. The number of unbranched alkanes of at least 4 members (excludes halogenated alkanes) is 42. The van der Waals surface area contributed by atoms with Gasteiger partial charge in [0.25, 0.3) is 0 Å². The van der Waals surface area contributed by atoms with Gasteiger partial charge in [-0.25, -0.2) is 4.57 Å². The molecular weight excluding hydrogens is 1140 g/mol. The third-order valence-corrected chi connectivity index (χ3v) is 18.2. The first-order chi connectivity index (χ1) is 44.5. The van der Waals surface area contributed by atoms with Gasteiger partial charge in [-0.2, -0.15) is 0 Å². The lowest BCUT2D eigenvalue weighted by atomic mass is 10.0. The fraction of sp³-hybridized carbons (Fsp3) is 0.768. The molecule has 0 bridgehead atoms. The van der Waals surface area contributed by atoms with E-state index in [0.29, 0.717) is 17.4 Å². The van der Waals surface area contributed by atoms with Crippen LogP contribution in [0.4, 0.5) is 0 Å². The Balaban J connectivity index is 4.03. The highest BCUT2D eigenvalue weighted by molar-refractivity contribution is 7.47. The zero-order valence-electron chi connectivity index (χ0n) is 60.6. The van der Waals surface area contributed by atoms with Crippen molar-refractivity contribution < 1.29 is 32.9 Å². The maximum atomic E-state index is 13.1. The van der Waals surface area contributed by atoms with Gasteiger partial charge < -0.3 is 19.8 Å². The Morgan fingerprint density at radius 2 is 0.659 bits per heavy atom. The second-order valence-corrected chi connectivity index (χ2v) is 28.8. The molecular formula is C82H150N2O6P+. The summed E-state index contributed by atoms with van der Waals surface area (Å²) in [4.78, 5) is 23.5. The second kappa shape index (κ2) is 71.5. The zero-order chi connectivity index (χ0) is 66.2. The SMILES string of the molecule is CC/C=C\C/C=C\C/C=C\C/C=C\C/C=C\C/C=C\C/C=C\C/C=C\CCCCCCCCCCCCCCCCC(=O)NC(COP(=O)(O)OCC[N+](C)(C)C)C(O)/C=C/CCCCCCCCCCCCCCCCCCCCCCCCCCCCCC. The Labute approximate surface area is 565 Å². The third kappa shape index (κ3) is 74.4. The monoisotopic (exact) mass is 1290 g/mol. The molecule has 8 nitrogen and oxygen atoms in total. The molecule has 0 fully saturated rings. The number of quaternary nitrogens is 1. The lowest BCUT2D eigenvalue weighted by Crippen LogP contribution is -2.45. The molecule has 0 aromatic heterocycles. The van der Waals surface area contributed by atoms with Gasteiger partial charge in [0, 0.05) is 6.42 Å². The van der Waals surface area contributed by atoms with Crippen LogP contribution in [0.3, 0.4) is 0 Å². The molecule has 0 spiro atoms. The minimum Gasteiger partial charge on any atom is -0.387 e. The van der Waals surface area contributed by atoms with E-state index in [9.17, 15) is 19.4 Å². The summed E-state index contributed by atoms with van der Waals surface area (Å²) in [6, 6.07) is -0.855. The summed E-state index contributed by atoms with van der Waals surface area (Å²) in [6.45, 7) is 4.74. The highest BCUT2D eigenvalue weighted by Crippen LogP contribution is 2.43. The molecule has 0 aliphatic heterocycles. The average Bonchev–Trinajstić information content (AvgIpc) is 3.58. The van der Waals surface area contributed by atoms with Gasteiger partial charge in [0.15, 0.2) is 0 Å². The Bertz CT molecular complexity index is 1860. The van der Waals surface area contributed by atoms with Crippen LogP contribution in [0.5, 0.6) is 0 Å². The molecule has 0 aliphatic rings. The number of phosphoric ester groups is 1. The van der Waals surface area contributed by atoms with Crippen LogP contribution in [0.25, 0.3) is 0 Å². The van der Waals surface area contributed by atoms with Crippen LogP contribution in [0, 0.1) is 0 Å². The van der Waals surface area contributed by atoms with E-state index in [-0.39, 0.29) is 19.1 Å². The normalized spacial score (nSPS) is 14.1. The molecule has 0 aliphatic carbocycles. The number of aliphatic hydroxyl groups excluding tert-OH is 1. The molecule has 0 saturated heterocycles. The Morgan fingerprint density at radius 3 is 0.967 bits per heavy atom. The van der Waals surface area contributed by atoms with Crippen molar-refractivity contribution in [2.45, 2.75) is 366 Å². The fourth-order valence-electron chi connectivity index (χ4n) is 11.3. The lowest BCUT2D eigenvalue weighted by molar-refractivity contribution is -0.870. The van der Waals surface area contributed by atoms with Crippen molar-refractivity contribution in [1.29, 1.82) is 0 Å². The van der Waals surface area contributed by atoms with Crippen LogP contribution in [0.15, 0.2) is 109 Å². The summed E-state index contributed by atoms with van der Waals surface area (Å²) in [5, 5.41) is 14.1. The first-order valence-electron chi connectivity index (χ1n) is 38.8. The van der Waals surface area contributed by atoms with Crippen molar-refractivity contribution in [2.75, 3.05) is 40.9 Å². The summed E-state index contributed by atoms with van der Waals surface area (Å²) in [5.41, 5.74) is 0. The molecule has 0 rings (SSSR count). The molecule has 0 heterocycles. The molecule has 0 radical (unpaired) electrons. The van der Waals surface area contributed by atoms with E-state index in [2.05, 4.69) is 116 Å². The Hall–Kier alpha value is -2.84. The van der Waals surface area contributed by atoms with Gasteiger partial charge in [0.2, 0.25) is 5.91 Å². The number of allylic oxidation sites excluding steroid dienone is 17. The molecule has 1 amide bonds. The Morgan fingerprint density at radius 1 is 0.385 bits per heavy atom. The average molecular weight is 1290 g/mol. The minimum atomic E-state index is -4.36. The highest BCUT2D eigenvalue weighted by atomic mass is 31.2. The number of rotatable bonds is 71. The van der Waals surface area contributed by atoms with Crippen molar-refractivity contribution in [1.82, 2.24) is 5.32 Å². The number of likely N-dealkylation sites (N-methyl/N-ethyl adjacent to an activating group) is 1. The van der Waals surface area contributed by atoms with E-state index in [1.54, 1.807) is 6.08 Å². The van der Waals surface area contributed by atoms with Crippen molar-refractivity contribution in [3.05, 3.63) is 109 Å². The first kappa shape index (κ1) is 88.2. The number of aliphatic hydroxyl groups is 1. The maximum Gasteiger partial charge on any atom is 0.472 e. The fourth-order valence-corrected chi connectivity index (χ4v) is 12.0. The van der Waals surface area contributed by atoms with Gasteiger partial charge in [-0.1, -0.05) is 374 Å². The summed E-state index contributed by atoms with van der Waals surface area (Å²) < 4.78 is 23.9. The van der Waals surface area contributed by atoms with Crippen LogP contribution >= 0.6 is 7.82 Å². The van der Waals surface area contributed by atoms with Crippen molar-refractivity contribution in [2.24, 2.45) is 0 Å². The third-order valence-electron chi connectivity index (χ3n) is 17.2.